The van der Waals surface area contributed by atoms with Gasteiger partial charge in [0.05, 0.1) is 10.2 Å². The van der Waals surface area contributed by atoms with Crippen LogP contribution in [0.25, 0.3) is 10.2 Å². The SMILES string of the molecule is c1ccc2sc(Oc3ccc(CN(CCCN4CCCC4)C4CC4)cc3)nc2c1. The van der Waals surface area contributed by atoms with Gasteiger partial charge in [-0.2, -0.15) is 0 Å². The summed E-state index contributed by atoms with van der Waals surface area (Å²) in [6.07, 6.45) is 6.79. The van der Waals surface area contributed by atoms with Crippen LogP contribution in [0.15, 0.2) is 48.5 Å². The lowest BCUT2D eigenvalue weighted by Gasteiger charge is -2.23. The lowest BCUT2D eigenvalue weighted by molar-refractivity contribution is 0.230. The minimum absolute atomic E-state index is 0.709. The van der Waals surface area contributed by atoms with E-state index in [1.165, 1.54) is 63.8 Å². The number of benzene rings is 2. The van der Waals surface area contributed by atoms with Crippen molar-refractivity contribution in [3.63, 3.8) is 0 Å². The number of para-hydroxylation sites is 1. The summed E-state index contributed by atoms with van der Waals surface area (Å²) in [5.41, 5.74) is 2.37. The molecule has 1 saturated carbocycles. The van der Waals surface area contributed by atoms with Gasteiger partial charge in [-0.3, -0.25) is 4.90 Å². The Morgan fingerprint density at radius 3 is 2.59 bits per heavy atom. The van der Waals surface area contributed by atoms with Gasteiger partial charge in [-0.05, 0) is 88.1 Å². The zero-order valence-corrected chi connectivity index (χ0v) is 17.7. The molecule has 1 aliphatic carbocycles. The number of thiazole rings is 1. The van der Waals surface area contributed by atoms with Crippen molar-refractivity contribution in [1.82, 2.24) is 14.8 Å². The first-order valence-corrected chi connectivity index (χ1v) is 11.7. The molecular formula is C24H29N3OS. The largest absolute Gasteiger partial charge is 0.431 e. The van der Waals surface area contributed by atoms with Crippen LogP contribution in [-0.2, 0) is 6.54 Å². The molecule has 4 nitrogen and oxygen atoms in total. The summed E-state index contributed by atoms with van der Waals surface area (Å²) in [7, 11) is 0. The number of hydrogen-bond donors (Lipinski definition) is 0. The van der Waals surface area contributed by atoms with Gasteiger partial charge in [-0.15, -0.1) is 0 Å². The van der Waals surface area contributed by atoms with Crippen molar-refractivity contribution in [2.45, 2.75) is 44.7 Å². The Bertz CT molecular complexity index is 896. The zero-order valence-electron chi connectivity index (χ0n) is 16.9. The molecule has 1 saturated heterocycles. The van der Waals surface area contributed by atoms with Crippen LogP contribution in [0, 0.1) is 0 Å². The van der Waals surface area contributed by atoms with Crippen LogP contribution in [-0.4, -0.2) is 47.0 Å². The Morgan fingerprint density at radius 2 is 1.83 bits per heavy atom. The van der Waals surface area contributed by atoms with Crippen molar-refractivity contribution in [1.29, 1.82) is 0 Å². The van der Waals surface area contributed by atoms with Crippen molar-refractivity contribution >= 4 is 21.6 Å². The standard InChI is InChI=1S/C24H29N3OS/c1-2-7-23-22(6-1)25-24(29-23)28-21-12-8-19(9-13-21)18-27(20-10-11-20)17-5-16-26-14-3-4-15-26/h1-2,6-9,12-13,20H,3-5,10-11,14-18H2. The van der Waals surface area contributed by atoms with Crippen LogP contribution in [0.5, 0.6) is 10.9 Å². The fraction of sp³-hybridized carbons (Fsp3) is 0.458. The number of ether oxygens (including phenoxy) is 1. The van der Waals surface area contributed by atoms with E-state index in [0.29, 0.717) is 5.19 Å². The molecule has 29 heavy (non-hydrogen) atoms. The molecule has 5 rings (SSSR count). The van der Waals surface area contributed by atoms with Crippen molar-refractivity contribution in [2.24, 2.45) is 0 Å². The topological polar surface area (TPSA) is 28.6 Å². The summed E-state index contributed by atoms with van der Waals surface area (Å²) in [5, 5.41) is 0.709. The molecule has 0 unspecified atom stereocenters. The highest BCUT2D eigenvalue weighted by Crippen LogP contribution is 2.32. The molecule has 5 heteroatoms. The third-order valence-corrected chi connectivity index (χ3v) is 6.88. The molecule has 0 spiro atoms. The molecule has 152 valence electrons. The van der Waals surface area contributed by atoms with Crippen LogP contribution in [0.3, 0.4) is 0 Å². The van der Waals surface area contributed by atoms with E-state index < -0.39 is 0 Å². The average molecular weight is 408 g/mol. The zero-order chi connectivity index (χ0) is 19.5. The lowest BCUT2D eigenvalue weighted by Crippen LogP contribution is -2.30. The highest BCUT2D eigenvalue weighted by molar-refractivity contribution is 7.20. The number of fused-ring (bicyclic) bond motifs is 1. The van der Waals surface area contributed by atoms with Crippen LogP contribution >= 0.6 is 11.3 Å². The van der Waals surface area contributed by atoms with Gasteiger partial charge in [-0.25, -0.2) is 4.98 Å². The molecule has 2 aliphatic rings. The number of aromatic nitrogens is 1. The number of rotatable bonds is 9. The summed E-state index contributed by atoms with van der Waals surface area (Å²) >= 11 is 1.59. The molecule has 1 aliphatic heterocycles. The summed E-state index contributed by atoms with van der Waals surface area (Å²) < 4.78 is 7.15. The Kier molecular flexibility index (Phi) is 5.79. The Morgan fingerprint density at radius 1 is 1.03 bits per heavy atom. The van der Waals surface area contributed by atoms with E-state index in [1.54, 1.807) is 11.3 Å². The first-order valence-electron chi connectivity index (χ1n) is 10.9. The van der Waals surface area contributed by atoms with Gasteiger partial charge in [0, 0.05) is 12.6 Å². The molecule has 0 amide bonds. The maximum atomic E-state index is 5.99. The molecule has 1 aromatic heterocycles. The van der Waals surface area contributed by atoms with Crippen molar-refractivity contribution in [3.05, 3.63) is 54.1 Å². The maximum absolute atomic E-state index is 5.99. The second-order valence-electron chi connectivity index (χ2n) is 8.30. The van der Waals surface area contributed by atoms with Gasteiger partial charge < -0.3 is 9.64 Å². The highest BCUT2D eigenvalue weighted by atomic mass is 32.1. The summed E-state index contributed by atoms with van der Waals surface area (Å²) in [6.45, 7) is 6.13. The Labute approximate surface area is 177 Å². The molecule has 2 fully saturated rings. The summed E-state index contributed by atoms with van der Waals surface area (Å²) in [6, 6.07) is 17.5. The third-order valence-electron chi connectivity index (χ3n) is 5.97. The second-order valence-corrected chi connectivity index (χ2v) is 9.29. The summed E-state index contributed by atoms with van der Waals surface area (Å²) in [5.74, 6) is 0.861. The van der Waals surface area contributed by atoms with Gasteiger partial charge >= 0.3 is 0 Å². The van der Waals surface area contributed by atoms with Crippen molar-refractivity contribution in [3.8, 4) is 10.9 Å². The molecule has 2 heterocycles. The fourth-order valence-corrected chi connectivity index (χ4v) is 5.06. The summed E-state index contributed by atoms with van der Waals surface area (Å²) in [4.78, 5) is 9.87. The lowest BCUT2D eigenvalue weighted by atomic mass is 10.2. The average Bonchev–Trinajstić information content (AvgIpc) is 3.30. The minimum atomic E-state index is 0.709. The van der Waals surface area contributed by atoms with E-state index in [-0.39, 0.29) is 0 Å². The predicted octanol–water partition coefficient (Wildman–Crippen LogP) is 5.54. The number of likely N-dealkylation sites (tertiary alicyclic amines) is 1. The molecule has 0 N–H and O–H groups in total. The minimum Gasteiger partial charge on any atom is -0.431 e. The smallest absolute Gasteiger partial charge is 0.279 e. The van der Waals surface area contributed by atoms with E-state index in [1.807, 2.05) is 18.2 Å². The first-order chi connectivity index (χ1) is 14.3. The predicted molar refractivity (Wildman–Crippen MR) is 120 cm³/mol. The normalized spacial score (nSPS) is 17.4. The number of nitrogens with zero attached hydrogens (tertiary/aromatic N) is 3. The highest BCUT2D eigenvalue weighted by Gasteiger charge is 2.28. The van der Waals surface area contributed by atoms with E-state index in [2.05, 4.69) is 45.1 Å². The van der Waals surface area contributed by atoms with Crippen LogP contribution < -0.4 is 4.74 Å². The van der Waals surface area contributed by atoms with Gasteiger partial charge in [0.1, 0.15) is 5.75 Å². The molecule has 3 aromatic rings. The quantitative estimate of drug-likeness (QED) is 0.466. The van der Waals surface area contributed by atoms with Crippen LogP contribution in [0.2, 0.25) is 0 Å². The second kappa shape index (κ2) is 8.82. The Balaban J connectivity index is 1.16. The molecule has 0 atom stereocenters. The molecular weight excluding hydrogens is 378 g/mol. The molecule has 0 bridgehead atoms. The van der Waals surface area contributed by atoms with E-state index in [0.717, 1.165) is 28.6 Å². The van der Waals surface area contributed by atoms with E-state index >= 15 is 0 Å². The van der Waals surface area contributed by atoms with Gasteiger partial charge in [-0.1, -0.05) is 35.6 Å². The Hall–Kier alpha value is -1.95. The molecule has 0 radical (unpaired) electrons. The van der Waals surface area contributed by atoms with Gasteiger partial charge in [0.2, 0.25) is 0 Å². The van der Waals surface area contributed by atoms with E-state index in [4.69, 9.17) is 4.74 Å². The van der Waals surface area contributed by atoms with Gasteiger partial charge in [0.15, 0.2) is 0 Å². The van der Waals surface area contributed by atoms with Crippen molar-refractivity contribution < 1.29 is 4.74 Å². The first kappa shape index (κ1) is 19.0. The van der Waals surface area contributed by atoms with Crippen molar-refractivity contribution in [2.75, 3.05) is 26.2 Å². The van der Waals surface area contributed by atoms with E-state index in [9.17, 15) is 0 Å². The fourth-order valence-electron chi connectivity index (χ4n) is 4.23. The maximum Gasteiger partial charge on any atom is 0.279 e. The molecule has 2 aromatic carbocycles. The van der Waals surface area contributed by atoms with Gasteiger partial charge in [0.25, 0.3) is 5.19 Å². The monoisotopic (exact) mass is 407 g/mol. The van der Waals surface area contributed by atoms with Crippen LogP contribution in [0.4, 0.5) is 0 Å². The number of hydrogen-bond acceptors (Lipinski definition) is 5. The van der Waals surface area contributed by atoms with Crippen LogP contribution in [0.1, 0.15) is 37.7 Å². The third kappa shape index (κ3) is 4.97.